The highest BCUT2D eigenvalue weighted by molar-refractivity contribution is 5.80. The molecule has 3 heterocycles. The molecule has 1 saturated heterocycles. The van der Waals surface area contributed by atoms with Crippen molar-refractivity contribution in [3.8, 4) is 11.5 Å². The van der Waals surface area contributed by atoms with Crippen molar-refractivity contribution in [3.05, 3.63) is 42.3 Å². The molecule has 0 atom stereocenters. The number of carbonyl (C=O) groups excluding carboxylic acids is 2. The van der Waals surface area contributed by atoms with Gasteiger partial charge in [0.15, 0.2) is 0 Å². The topological polar surface area (TPSA) is 113 Å². The predicted molar refractivity (Wildman–Crippen MR) is 127 cm³/mol. The van der Waals surface area contributed by atoms with Gasteiger partial charge in [0.1, 0.15) is 5.69 Å². The second kappa shape index (κ2) is 9.40. The Hall–Kier alpha value is -3.49. The minimum atomic E-state index is -0.309. The van der Waals surface area contributed by atoms with Gasteiger partial charge in [-0.1, -0.05) is 42.3 Å². The lowest BCUT2D eigenvalue weighted by Crippen LogP contribution is -2.55. The quantitative estimate of drug-likeness (QED) is 0.599. The van der Waals surface area contributed by atoms with Crippen LogP contribution in [0.2, 0.25) is 0 Å². The van der Waals surface area contributed by atoms with Gasteiger partial charge in [-0.25, -0.2) is 9.78 Å². The molecular weight excluding hydrogens is 432 g/mol. The van der Waals surface area contributed by atoms with Gasteiger partial charge in [-0.05, 0) is 37.8 Å². The van der Waals surface area contributed by atoms with Gasteiger partial charge >= 0.3 is 6.03 Å². The molecule has 3 amide bonds. The van der Waals surface area contributed by atoms with Gasteiger partial charge in [0, 0.05) is 37.9 Å². The third-order valence-corrected chi connectivity index (χ3v) is 6.98. The molecule has 3 aromatic rings. The van der Waals surface area contributed by atoms with E-state index in [2.05, 4.69) is 25.8 Å². The number of urea groups is 1. The number of piperidine rings is 1. The van der Waals surface area contributed by atoms with E-state index < -0.39 is 0 Å². The maximum absolute atomic E-state index is 12.8. The summed E-state index contributed by atoms with van der Waals surface area (Å²) in [5, 5.41) is 11.3. The van der Waals surface area contributed by atoms with Gasteiger partial charge in [-0.15, -0.1) is 0 Å². The number of para-hydroxylation sites is 1. The highest BCUT2D eigenvalue weighted by Gasteiger charge is 2.36. The molecule has 9 nitrogen and oxygen atoms in total. The zero-order valence-corrected chi connectivity index (χ0v) is 19.4. The van der Waals surface area contributed by atoms with Crippen molar-refractivity contribution in [1.82, 2.24) is 30.7 Å². The molecule has 2 fully saturated rings. The first kappa shape index (κ1) is 22.3. The number of aromatic nitrogens is 3. The van der Waals surface area contributed by atoms with E-state index in [9.17, 15) is 9.59 Å². The Balaban J connectivity index is 1.16. The molecule has 1 saturated carbocycles. The van der Waals surface area contributed by atoms with Crippen LogP contribution in [0, 0.1) is 0 Å². The maximum atomic E-state index is 12.8. The first-order chi connectivity index (χ1) is 16.5. The lowest BCUT2D eigenvalue weighted by atomic mass is 9.96. The number of nitrogens with zero attached hydrogens (tertiary/aromatic N) is 4. The second-order valence-electron chi connectivity index (χ2n) is 9.43. The van der Waals surface area contributed by atoms with Gasteiger partial charge in [-0.3, -0.25) is 4.79 Å². The number of likely N-dealkylation sites (tertiary alicyclic amines) is 1. The number of rotatable bonds is 5. The summed E-state index contributed by atoms with van der Waals surface area (Å²) in [6.07, 6.45) is 5.47. The molecule has 1 aliphatic heterocycles. The maximum Gasteiger partial charge on any atom is 0.317 e. The monoisotopic (exact) mass is 462 g/mol. The van der Waals surface area contributed by atoms with E-state index in [-0.39, 0.29) is 23.4 Å². The van der Waals surface area contributed by atoms with Crippen LogP contribution in [0.5, 0.6) is 0 Å². The highest BCUT2D eigenvalue weighted by atomic mass is 16.5. The zero-order valence-electron chi connectivity index (χ0n) is 19.4. The van der Waals surface area contributed by atoms with Crippen molar-refractivity contribution in [3.63, 3.8) is 0 Å². The molecule has 34 heavy (non-hydrogen) atoms. The lowest BCUT2D eigenvalue weighted by Gasteiger charge is -2.34. The summed E-state index contributed by atoms with van der Waals surface area (Å²) < 4.78 is 5.57. The third-order valence-electron chi connectivity index (χ3n) is 6.98. The molecule has 9 heteroatoms. The average Bonchev–Trinajstić information content (AvgIpc) is 3.53. The zero-order chi connectivity index (χ0) is 23.5. The third kappa shape index (κ3) is 4.73. The lowest BCUT2D eigenvalue weighted by molar-refractivity contribution is -0.120. The van der Waals surface area contributed by atoms with Gasteiger partial charge < -0.3 is 20.1 Å². The van der Waals surface area contributed by atoms with E-state index in [4.69, 9.17) is 4.52 Å². The Morgan fingerprint density at radius 3 is 2.62 bits per heavy atom. The van der Waals surface area contributed by atoms with Crippen molar-refractivity contribution < 1.29 is 14.1 Å². The van der Waals surface area contributed by atoms with E-state index in [1.165, 1.54) is 6.92 Å². The van der Waals surface area contributed by atoms with Crippen molar-refractivity contribution in [1.29, 1.82) is 0 Å². The Morgan fingerprint density at radius 1 is 1.09 bits per heavy atom. The van der Waals surface area contributed by atoms with Gasteiger partial charge in [0.05, 0.1) is 11.1 Å². The number of amides is 3. The normalized spacial score (nSPS) is 18.2. The van der Waals surface area contributed by atoms with E-state index >= 15 is 0 Å². The van der Waals surface area contributed by atoms with Crippen molar-refractivity contribution in [2.75, 3.05) is 19.6 Å². The van der Waals surface area contributed by atoms with Crippen LogP contribution in [-0.4, -0.2) is 57.1 Å². The van der Waals surface area contributed by atoms with Crippen LogP contribution in [-0.2, 0) is 4.79 Å². The first-order valence-corrected chi connectivity index (χ1v) is 12.0. The largest absolute Gasteiger partial charge is 0.349 e. The molecule has 2 N–H and O–H groups in total. The smallest absolute Gasteiger partial charge is 0.317 e. The van der Waals surface area contributed by atoms with E-state index in [0.717, 1.165) is 49.4 Å². The number of benzene rings is 1. The number of hydrogen-bond donors (Lipinski definition) is 2. The van der Waals surface area contributed by atoms with Crippen molar-refractivity contribution >= 4 is 22.8 Å². The minimum absolute atomic E-state index is 0.0465. The Labute approximate surface area is 198 Å². The van der Waals surface area contributed by atoms with Gasteiger partial charge in [-0.2, -0.15) is 4.98 Å². The van der Waals surface area contributed by atoms with Crippen LogP contribution in [0.15, 0.2) is 40.9 Å². The Bertz CT molecular complexity index is 1180. The average molecular weight is 463 g/mol. The number of hydrogen-bond acceptors (Lipinski definition) is 6. The van der Waals surface area contributed by atoms with Crippen LogP contribution in [0.4, 0.5) is 4.79 Å². The fraction of sp³-hybridized carbons (Fsp3) is 0.480. The van der Waals surface area contributed by atoms with E-state index in [1.54, 1.807) is 0 Å². The molecule has 1 aromatic carbocycles. The fourth-order valence-electron chi connectivity index (χ4n) is 5.15. The molecule has 178 valence electrons. The van der Waals surface area contributed by atoms with Crippen LogP contribution in [0.3, 0.4) is 0 Å². The first-order valence-electron chi connectivity index (χ1n) is 12.0. The summed E-state index contributed by atoms with van der Waals surface area (Å²) >= 11 is 0. The molecule has 0 spiro atoms. The van der Waals surface area contributed by atoms with Crippen molar-refractivity contribution in [2.24, 2.45) is 0 Å². The summed E-state index contributed by atoms with van der Waals surface area (Å²) in [6, 6.07) is 11.8. The standard InChI is InChI=1S/C25H30N6O3/c1-17(32)29-25(12-4-5-13-25)16-26-24(33)31-14-10-19(11-15-31)23-28-22(30-34-23)21-9-8-18-6-2-3-7-20(18)27-21/h2-3,6-9,19H,4-5,10-16H2,1H3,(H,26,33)(H,29,32). The number of fused-ring (bicyclic) bond motifs is 1. The number of nitrogens with one attached hydrogen (secondary N) is 2. The summed E-state index contributed by atoms with van der Waals surface area (Å²) in [5.41, 5.74) is 1.27. The highest BCUT2D eigenvalue weighted by Crippen LogP contribution is 2.30. The summed E-state index contributed by atoms with van der Waals surface area (Å²) in [6.45, 7) is 3.24. The molecule has 2 aromatic heterocycles. The molecule has 0 bridgehead atoms. The van der Waals surface area contributed by atoms with Gasteiger partial charge in [0.25, 0.3) is 0 Å². The molecular formula is C25H30N6O3. The second-order valence-corrected chi connectivity index (χ2v) is 9.43. The van der Waals surface area contributed by atoms with Crippen LogP contribution in [0.1, 0.15) is 57.3 Å². The van der Waals surface area contributed by atoms with Crippen molar-refractivity contribution in [2.45, 2.75) is 56.9 Å². The molecule has 0 radical (unpaired) electrons. The van der Waals surface area contributed by atoms with E-state index in [0.29, 0.717) is 37.0 Å². The molecule has 5 rings (SSSR count). The number of carbonyl (C=O) groups is 2. The summed E-state index contributed by atoms with van der Waals surface area (Å²) in [4.78, 5) is 35.5. The molecule has 2 aliphatic rings. The predicted octanol–water partition coefficient (Wildman–Crippen LogP) is 3.62. The Kier molecular flexibility index (Phi) is 6.17. The minimum Gasteiger partial charge on any atom is -0.349 e. The fourth-order valence-corrected chi connectivity index (χ4v) is 5.15. The van der Waals surface area contributed by atoms with Crippen LogP contribution < -0.4 is 10.6 Å². The summed E-state index contributed by atoms with van der Waals surface area (Å²) in [7, 11) is 0. The molecule has 1 aliphatic carbocycles. The summed E-state index contributed by atoms with van der Waals surface area (Å²) in [5.74, 6) is 1.16. The van der Waals surface area contributed by atoms with Crippen LogP contribution in [0.25, 0.3) is 22.4 Å². The SMILES string of the molecule is CC(=O)NC1(CNC(=O)N2CCC(c3nc(-c4ccc5ccccc5n4)no3)CC2)CCCC1. The van der Waals surface area contributed by atoms with Crippen LogP contribution >= 0.6 is 0 Å². The van der Waals surface area contributed by atoms with E-state index in [1.807, 2.05) is 41.3 Å². The Morgan fingerprint density at radius 2 is 1.85 bits per heavy atom. The number of pyridine rings is 1. The van der Waals surface area contributed by atoms with Gasteiger partial charge in [0.2, 0.25) is 17.6 Å². The molecule has 0 unspecified atom stereocenters.